The molecule has 3 rings (SSSR count). The van der Waals surface area contributed by atoms with Gasteiger partial charge in [-0.25, -0.2) is 0 Å². The van der Waals surface area contributed by atoms with Crippen LogP contribution in [-0.2, 0) is 4.74 Å². The van der Waals surface area contributed by atoms with E-state index in [1.165, 1.54) is 19.3 Å². The number of thiazole rings is 1. The Balaban J connectivity index is 1.70. The molecule has 0 bridgehead atoms. The summed E-state index contributed by atoms with van der Waals surface area (Å²) in [6, 6.07) is 0. The van der Waals surface area contributed by atoms with E-state index < -0.39 is 0 Å². The topological polar surface area (TPSA) is 42.4 Å². The zero-order valence-corrected chi connectivity index (χ0v) is 10.1. The summed E-state index contributed by atoms with van der Waals surface area (Å²) >= 11 is 1.55. The number of aliphatic hydroxyl groups excluding tert-OH is 1. The van der Waals surface area contributed by atoms with Gasteiger partial charge in [0.25, 0.3) is 0 Å². The minimum Gasteiger partial charge on any atom is -0.387 e. The molecular weight excluding hydrogens is 222 g/mol. The number of hydrogen-bond donors (Lipinski definition) is 1. The predicted octanol–water partition coefficient (Wildman–Crippen LogP) is 2.53. The minimum absolute atomic E-state index is 0.120. The number of nitrogens with zero attached hydrogens (tertiary/aromatic N) is 1. The maximum atomic E-state index is 10.3. The third-order valence-corrected chi connectivity index (χ3v) is 4.83. The average molecular weight is 239 g/mol. The van der Waals surface area contributed by atoms with Crippen LogP contribution in [0.5, 0.6) is 0 Å². The molecule has 0 amide bonds. The Hall–Kier alpha value is -0.450. The molecule has 2 fully saturated rings. The van der Waals surface area contributed by atoms with Crippen molar-refractivity contribution >= 4 is 11.3 Å². The lowest BCUT2D eigenvalue weighted by atomic mass is 9.71. The Bertz CT molecular complexity index is 348. The Labute approximate surface area is 99.5 Å². The lowest BCUT2D eigenvalue weighted by Gasteiger charge is -2.48. The van der Waals surface area contributed by atoms with Crippen molar-refractivity contribution in [1.82, 2.24) is 4.98 Å². The van der Waals surface area contributed by atoms with Gasteiger partial charge in [-0.1, -0.05) is 0 Å². The highest BCUT2D eigenvalue weighted by atomic mass is 32.1. The number of aliphatic hydroxyl groups is 1. The maximum Gasteiger partial charge on any atom is 0.0927 e. The molecular formula is C12H17NO2S. The van der Waals surface area contributed by atoms with Crippen molar-refractivity contribution in [3.8, 4) is 0 Å². The molecule has 88 valence electrons. The van der Waals surface area contributed by atoms with E-state index in [0.717, 1.165) is 24.3 Å². The molecule has 1 aliphatic heterocycles. The summed E-state index contributed by atoms with van der Waals surface area (Å²) in [6.07, 6.45) is 7.08. The zero-order chi connectivity index (χ0) is 11.0. The van der Waals surface area contributed by atoms with E-state index in [1.54, 1.807) is 23.0 Å². The number of ether oxygens (including phenoxy) is 1. The van der Waals surface area contributed by atoms with Crippen LogP contribution in [0, 0.1) is 5.92 Å². The molecule has 0 aromatic carbocycles. The van der Waals surface area contributed by atoms with Gasteiger partial charge in [0.05, 0.1) is 22.1 Å². The molecule has 1 aromatic rings. The van der Waals surface area contributed by atoms with Crippen molar-refractivity contribution in [2.24, 2.45) is 5.92 Å². The highest BCUT2D eigenvalue weighted by Gasteiger charge is 2.44. The Morgan fingerprint density at radius 1 is 1.56 bits per heavy atom. The van der Waals surface area contributed by atoms with Crippen LogP contribution in [0.25, 0.3) is 0 Å². The molecule has 1 aliphatic carbocycles. The van der Waals surface area contributed by atoms with Gasteiger partial charge in [-0.2, -0.15) is 0 Å². The summed E-state index contributed by atoms with van der Waals surface area (Å²) in [5.74, 6) is 0.356. The van der Waals surface area contributed by atoms with Gasteiger partial charge in [-0.05, 0) is 38.0 Å². The molecule has 0 radical (unpaired) electrons. The maximum absolute atomic E-state index is 10.3. The molecule has 2 aliphatic rings. The second kappa shape index (κ2) is 4.09. The summed E-state index contributed by atoms with van der Waals surface area (Å²) in [5, 5.41) is 10.3. The summed E-state index contributed by atoms with van der Waals surface area (Å²) in [6.45, 7) is 0.806. The fourth-order valence-electron chi connectivity index (χ4n) is 2.86. The molecule has 1 aromatic heterocycles. The standard InChI is InChI=1S/C12H17NO2S/c14-11(10-7-13-8-16-10)9-2-5-15-12(6-9)3-1-4-12/h7-9,11,14H,1-6H2. The highest BCUT2D eigenvalue weighted by Crippen LogP contribution is 2.47. The van der Waals surface area contributed by atoms with Gasteiger partial charge in [0.1, 0.15) is 0 Å². The van der Waals surface area contributed by atoms with E-state index >= 15 is 0 Å². The largest absolute Gasteiger partial charge is 0.387 e. The SMILES string of the molecule is OC(c1cncs1)C1CCOC2(CCC2)C1. The van der Waals surface area contributed by atoms with Crippen LogP contribution in [0.4, 0.5) is 0 Å². The minimum atomic E-state index is -0.339. The lowest BCUT2D eigenvalue weighted by Crippen LogP contribution is -2.46. The number of hydrogen-bond acceptors (Lipinski definition) is 4. The molecule has 3 nitrogen and oxygen atoms in total. The second-order valence-electron chi connectivity index (χ2n) is 4.99. The summed E-state index contributed by atoms with van der Waals surface area (Å²) in [7, 11) is 0. The van der Waals surface area contributed by atoms with E-state index in [1.807, 2.05) is 0 Å². The van der Waals surface area contributed by atoms with Gasteiger partial charge in [-0.15, -0.1) is 11.3 Å². The second-order valence-corrected chi connectivity index (χ2v) is 5.90. The quantitative estimate of drug-likeness (QED) is 0.862. The number of rotatable bonds is 2. The van der Waals surface area contributed by atoms with E-state index in [9.17, 15) is 5.11 Å². The molecule has 16 heavy (non-hydrogen) atoms. The van der Waals surface area contributed by atoms with Crippen LogP contribution in [0.2, 0.25) is 0 Å². The third kappa shape index (κ3) is 1.79. The Morgan fingerprint density at radius 2 is 2.44 bits per heavy atom. The van der Waals surface area contributed by atoms with Crippen molar-refractivity contribution in [3.63, 3.8) is 0 Å². The van der Waals surface area contributed by atoms with E-state index in [0.29, 0.717) is 5.92 Å². The first-order valence-corrected chi connectivity index (χ1v) is 6.87. The van der Waals surface area contributed by atoms with Gasteiger partial charge in [0.2, 0.25) is 0 Å². The summed E-state index contributed by atoms with van der Waals surface area (Å²) in [4.78, 5) is 5.04. The van der Waals surface area contributed by atoms with Crippen molar-refractivity contribution in [2.45, 2.75) is 43.8 Å². The van der Waals surface area contributed by atoms with Gasteiger partial charge in [0.15, 0.2) is 0 Å². The Kier molecular flexibility index (Phi) is 2.73. The van der Waals surface area contributed by atoms with Crippen LogP contribution in [0.3, 0.4) is 0 Å². The van der Waals surface area contributed by atoms with Crippen LogP contribution in [0.1, 0.15) is 43.1 Å². The molecule has 1 saturated heterocycles. The predicted molar refractivity (Wildman–Crippen MR) is 62.3 cm³/mol. The molecule has 1 spiro atoms. The summed E-state index contributed by atoms with van der Waals surface area (Å²) < 4.78 is 5.88. The van der Waals surface area contributed by atoms with Crippen LogP contribution < -0.4 is 0 Å². The van der Waals surface area contributed by atoms with Crippen molar-refractivity contribution in [1.29, 1.82) is 0 Å². The third-order valence-electron chi connectivity index (χ3n) is 3.99. The molecule has 2 unspecified atom stereocenters. The number of aromatic nitrogens is 1. The first-order chi connectivity index (χ1) is 7.79. The Morgan fingerprint density at radius 3 is 3.06 bits per heavy atom. The average Bonchev–Trinajstić information content (AvgIpc) is 2.79. The highest BCUT2D eigenvalue weighted by molar-refractivity contribution is 7.09. The van der Waals surface area contributed by atoms with E-state index in [-0.39, 0.29) is 11.7 Å². The van der Waals surface area contributed by atoms with Crippen molar-refractivity contribution < 1.29 is 9.84 Å². The fourth-order valence-corrected chi connectivity index (χ4v) is 3.56. The smallest absolute Gasteiger partial charge is 0.0927 e. The molecule has 2 atom stereocenters. The van der Waals surface area contributed by atoms with Crippen molar-refractivity contribution in [2.75, 3.05) is 6.61 Å². The van der Waals surface area contributed by atoms with Gasteiger partial charge in [-0.3, -0.25) is 4.98 Å². The van der Waals surface area contributed by atoms with Crippen LogP contribution in [0.15, 0.2) is 11.7 Å². The first-order valence-electron chi connectivity index (χ1n) is 6.00. The lowest BCUT2D eigenvalue weighted by molar-refractivity contribution is -0.157. The normalized spacial score (nSPS) is 29.9. The van der Waals surface area contributed by atoms with E-state index in [2.05, 4.69) is 4.98 Å². The van der Waals surface area contributed by atoms with Gasteiger partial charge >= 0.3 is 0 Å². The van der Waals surface area contributed by atoms with Gasteiger partial charge in [0, 0.05) is 12.8 Å². The molecule has 4 heteroatoms. The monoisotopic (exact) mass is 239 g/mol. The van der Waals surface area contributed by atoms with E-state index in [4.69, 9.17) is 4.74 Å². The first kappa shape index (κ1) is 10.7. The summed E-state index contributed by atoms with van der Waals surface area (Å²) in [5.41, 5.74) is 1.91. The fraction of sp³-hybridized carbons (Fsp3) is 0.750. The zero-order valence-electron chi connectivity index (χ0n) is 9.26. The molecule has 1 saturated carbocycles. The molecule has 1 N–H and O–H groups in total. The van der Waals surface area contributed by atoms with Crippen LogP contribution >= 0.6 is 11.3 Å². The van der Waals surface area contributed by atoms with Crippen LogP contribution in [-0.4, -0.2) is 22.3 Å². The molecule has 2 heterocycles. The van der Waals surface area contributed by atoms with Gasteiger partial charge < -0.3 is 9.84 Å². The van der Waals surface area contributed by atoms with Crippen molar-refractivity contribution in [3.05, 3.63) is 16.6 Å².